The molecule has 3 atom stereocenters. The molecule has 176 valence electrons. The molecule has 1 N–H and O–H groups in total. The van der Waals surface area contributed by atoms with Crippen LogP contribution in [0.3, 0.4) is 0 Å². The molecule has 1 aromatic rings. The van der Waals surface area contributed by atoms with Crippen LogP contribution in [0.2, 0.25) is 0 Å². The van der Waals surface area contributed by atoms with E-state index in [2.05, 4.69) is 16.1 Å². The maximum absolute atomic E-state index is 13.1. The molecule has 0 saturated heterocycles. The lowest BCUT2D eigenvalue weighted by Gasteiger charge is -2.41. The molecule has 0 aromatic heterocycles. The molecule has 1 aliphatic heterocycles. The van der Waals surface area contributed by atoms with Gasteiger partial charge < -0.3 is 9.84 Å². The maximum Gasteiger partial charge on any atom is 0.442 e. The van der Waals surface area contributed by atoms with E-state index in [-0.39, 0.29) is 12.0 Å². The first-order valence-corrected chi connectivity index (χ1v) is 10.6. The number of esters is 1. The molecule has 1 unspecified atom stereocenters. The third-order valence-electron chi connectivity index (χ3n) is 6.42. The highest BCUT2D eigenvalue weighted by molar-refractivity contribution is 5.74. The van der Waals surface area contributed by atoms with E-state index >= 15 is 0 Å². The number of hydrogen-bond donors (Lipinski definition) is 1. The first-order valence-electron chi connectivity index (χ1n) is 10.6. The predicted molar refractivity (Wildman–Crippen MR) is 114 cm³/mol. The highest BCUT2D eigenvalue weighted by Crippen LogP contribution is 2.52. The predicted octanol–water partition coefficient (Wildman–Crippen LogP) is 5.42. The zero-order valence-electron chi connectivity index (χ0n) is 19.2. The lowest BCUT2D eigenvalue weighted by atomic mass is 9.63. The largest absolute Gasteiger partial charge is 0.469 e. The van der Waals surface area contributed by atoms with Gasteiger partial charge in [0.2, 0.25) is 0 Å². The van der Waals surface area contributed by atoms with Crippen LogP contribution in [0.4, 0.5) is 13.2 Å². The molecule has 8 heteroatoms. The second kappa shape index (κ2) is 9.22. The highest BCUT2D eigenvalue weighted by atomic mass is 19.4. The van der Waals surface area contributed by atoms with Gasteiger partial charge in [-0.3, -0.25) is 4.79 Å². The summed E-state index contributed by atoms with van der Waals surface area (Å²) in [5.41, 5.74) is -2.83. The van der Waals surface area contributed by atoms with Crippen LogP contribution in [0.15, 0.2) is 34.5 Å². The van der Waals surface area contributed by atoms with E-state index in [0.29, 0.717) is 19.3 Å². The van der Waals surface area contributed by atoms with Crippen LogP contribution in [0.5, 0.6) is 0 Å². The van der Waals surface area contributed by atoms with E-state index in [1.54, 1.807) is 12.1 Å². The molecular formula is C24H31F3N2O3. The maximum atomic E-state index is 13.1. The summed E-state index contributed by atoms with van der Waals surface area (Å²) in [5.74, 6) is 1.45. The molecule has 32 heavy (non-hydrogen) atoms. The number of aryl methyl sites for hydroxylation is 1. The first-order chi connectivity index (χ1) is 14.7. The SMILES string of the molecule is C#CC(C)(C)CC(C)(CC)[C@@H](C(=O)OC)[C@@H](O)CCc1ccc(C2(C(F)(F)F)N=N2)cc1. The Labute approximate surface area is 187 Å². The molecule has 0 spiro atoms. The molecule has 2 rings (SSSR count). The van der Waals surface area contributed by atoms with Crippen LogP contribution < -0.4 is 0 Å². The Morgan fingerprint density at radius 1 is 1.22 bits per heavy atom. The standard InChI is InChI=1S/C24H31F3N2O3/c1-7-21(3,4)15-22(5,8-2)19(20(31)32-6)18(30)14-11-16-9-12-17(13-10-16)23(28-29-23)24(25,26)27/h1,9-10,12-13,18-19,30H,8,11,14-15H2,2-6H3/t18-,19+,22?/m0/s1. The van der Waals surface area contributed by atoms with Crippen molar-refractivity contribution < 1.29 is 27.8 Å². The van der Waals surface area contributed by atoms with E-state index in [1.807, 2.05) is 27.7 Å². The average Bonchev–Trinajstić information content (AvgIpc) is 3.54. The molecule has 1 aliphatic rings. The van der Waals surface area contributed by atoms with Crippen molar-refractivity contribution in [2.75, 3.05) is 7.11 Å². The van der Waals surface area contributed by atoms with Crippen LogP contribution in [0.25, 0.3) is 0 Å². The molecule has 0 radical (unpaired) electrons. The van der Waals surface area contributed by atoms with Crippen molar-refractivity contribution in [2.24, 2.45) is 27.0 Å². The lowest BCUT2D eigenvalue weighted by molar-refractivity contribution is -0.166. The van der Waals surface area contributed by atoms with Crippen molar-refractivity contribution in [3.8, 4) is 12.3 Å². The number of carbonyl (C=O) groups is 1. The first kappa shape index (κ1) is 25.9. The van der Waals surface area contributed by atoms with Crippen molar-refractivity contribution >= 4 is 5.97 Å². The fourth-order valence-corrected chi connectivity index (χ4v) is 4.38. The normalized spacial score (nSPS) is 18.9. The zero-order chi connectivity index (χ0) is 24.4. The fourth-order valence-electron chi connectivity index (χ4n) is 4.38. The topological polar surface area (TPSA) is 71.2 Å². The molecule has 0 saturated carbocycles. The summed E-state index contributed by atoms with van der Waals surface area (Å²) >= 11 is 0. The second-order valence-corrected chi connectivity index (χ2v) is 9.39. The van der Waals surface area contributed by atoms with Gasteiger partial charge in [-0.05, 0) is 50.5 Å². The number of methoxy groups -OCH3 is 1. The van der Waals surface area contributed by atoms with E-state index in [0.717, 1.165) is 5.56 Å². The summed E-state index contributed by atoms with van der Waals surface area (Å²) in [7, 11) is 1.29. The smallest absolute Gasteiger partial charge is 0.442 e. The number of rotatable bonds is 10. The minimum atomic E-state index is -4.57. The molecule has 0 fully saturated rings. The third-order valence-corrected chi connectivity index (χ3v) is 6.42. The van der Waals surface area contributed by atoms with Gasteiger partial charge in [0, 0.05) is 11.0 Å². The number of benzene rings is 1. The number of ether oxygens (including phenoxy) is 1. The van der Waals surface area contributed by atoms with Gasteiger partial charge in [-0.15, -0.1) is 22.6 Å². The molecule has 5 nitrogen and oxygen atoms in total. The zero-order valence-corrected chi connectivity index (χ0v) is 19.2. The van der Waals surface area contributed by atoms with Gasteiger partial charge in [-0.2, -0.15) is 13.2 Å². The Morgan fingerprint density at radius 3 is 2.19 bits per heavy atom. The van der Waals surface area contributed by atoms with E-state index in [4.69, 9.17) is 11.2 Å². The Bertz CT molecular complexity index is 881. The second-order valence-electron chi connectivity index (χ2n) is 9.39. The van der Waals surface area contributed by atoms with Gasteiger partial charge in [-0.25, -0.2) is 0 Å². The summed E-state index contributed by atoms with van der Waals surface area (Å²) in [6, 6.07) is 5.82. The van der Waals surface area contributed by atoms with E-state index < -0.39 is 40.7 Å². The number of aliphatic hydroxyl groups is 1. The number of hydrogen-bond acceptors (Lipinski definition) is 5. The molecule has 0 amide bonds. The Morgan fingerprint density at radius 2 is 1.78 bits per heavy atom. The Hall–Kier alpha value is -2.40. The summed E-state index contributed by atoms with van der Waals surface area (Å²) < 4.78 is 44.4. The van der Waals surface area contributed by atoms with E-state index in [1.165, 1.54) is 19.2 Å². The summed E-state index contributed by atoms with van der Waals surface area (Å²) in [4.78, 5) is 12.6. The summed E-state index contributed by atoms with van der Waals surface area (Å²) in [5, 5.41) is 17.4. The van der Waals surface area contributed by atoms with Crippen LogP contribution >= 0.6 is 0 Å². The van der Waals surface area contributed by atoms with Gasteiger partial charge in [0.05, 0.1) is 19.1 Å². The number of aliphatic hydroxyl groups excluding tert-OH is 1. The van der Waals surface area contributed by atoms with Crippen molar-refractivity contribution in [1.29, 1.82) is 0 Å². The summed E-state index contributed by atoms with van der Waals surface area (Å²) in [6.45, 7) is 7.69. The van der Waals surface area contributed by atoms with E-state index in [9.17, 15) is 23.1 Å². The average molecular weight is 453 g/mol. The molecule has 0 aliphatic carbocycles. The molecule has 1 aromatic carbocycles. The van der Waals surface area contributed by atoms with Gasteiger partial charge in [0.15, 0.2) is 0 Å². The Balaban J connectivity index is 2.15. The minimum absolute atomic E-state index is 0.0446. The Kier molecular flexibility index (Phi) is 7.45. The number of terminal acetylenes is 1. The molecule has 0 bridgehead atoms. The van der Waals surface area contributed by atoms with Gasteiger partial charge in [-0.1, -0.05) is 38.1 Å². The van der Waals surface area contributed by atoms with Gasteiger partial charge in [0.1, 0.15) is 0 Å². The third kappa shape index (κ3) is 5.32. The van der Waals surface area contributed by atoms with Crippen molar-refractivity contribution in [3.05, 3.63) is 35.4 Å². The molecule has 1 heterocycles. The quantitative estimate of drug-likeness (QED) is 0.381. The summed E-state index contributed by atoms with van der Waals surface area (Å²) in [6.07, 6.45) is 1.81. The van der Waals surface area contributed by atoms with Crippen LogP contribution in [0, 0.1) is 29.1 Å². The number of carbonyl (C=O) groups excluding carboxylic acids is 1. The molecular weight excluding hydrogens is 421 g/mol. The van der Waals surface area contributed by atoms with Gasteiger partial charge >= 0.3 is 17.8 Å². The van der Waals surface area contributed by atoms with Crippen molar-refractivity contribution in [2.45, 2.75) is 71.3 Å². The van der Waals surface area contributed by atoms with Crippen molar-refractivity contribution in [1.82, 2.24) is 0 Å². The highest BCUT2D eigenvalue weighted by Gasteiger charge is 2.65. The van der Waals surface area contributed by atoms with Crippen LogP contribution in [-0.2, 0) is 21.6 Å². The number of halogens is 3. The van der Waals surface area contributed by atoms with Crippen LogP contribution in [0.1, 0.15) is 58.1 Å². The van der Waals surface area contributed by atoms with Crippen LogP contribution in [-0.4, -0.2) is 30.5 Å². The minimum Gasteiger partial charge on any atom is -0.469 e. The van der Waals surface area contributed by atoms with Gasteiger partial charge in [0.25, 0.3) is 0 Å². The fraction of sp³-hybridized carbons (Fsp3) is 0.625. The number of alkyl halides is 3. The lowest BCUT2D eigenvalue weighted by Crippen LogP contribution is -2.44. The monoisotopic (exact) mass is 452 g/mol. The number of nitrogens with zero attached hydrogens (tertiary/aromatic N) is 2. The van der Waals surface area contributed by atoms with Crippen molar-refractivity contribution in [3.63, 3.8) is 0 Å².